The van der Waals surface area contributed by atoms with Gasteiger partial charge in [-0.2, -0.15) is 5.90 Å². The van der Waals surface area contributed by atoms with E-state index >= 15 is 0 Å². The van der Waals surface area contributed by atoms with Gasteiger partial charge in [0.05, 0.1) is 0 Å². The lowest BCUT2D eigenvalue weighted by molar-refractivity contribution is 0.334. The quantitative estimate of drug-likeness (QED) is 0.581. The molecule has 0 unspecified atom stereocenters. The second-order valence-corrected chi connectivity index (χ2v) is 1.97. The summed E-state index contributed by atoms with van der Waals surface area (Å²) in [4.78, 5) is 4.50. The maximum atomic E-state index is 5.38. The van der Waals surface area contributed by atoms with Crippen LogP contribution in [-0.2, 0) is 6.54 Å². The summed E-state index contributed by atoms with van der Waals surface area (Å²) in [5.74, 6) is 5.57. The van der Waals surface area contributed by atoms with Crippen LogP contribution in [0.15, 0.2) is 24.3 Å². The molecule has 0 fully saturated rings. The van der Waals surface area contributed by atoms with Crippen LogP contribution in [0.25, 0.3) is 0 Å². The van der Waals surface area contributed by atoms with E-state index in [2.05, 4.69) is 4.84 Å². The maximum absolute atomic E-state index is 5.38. The van der Waals surface area contributed by atoms with E-state index in [-0.39, 0.29) is 0 Å². The summed E-state index contributed by atoms with van der Waals surface area (Å²) < 4.78 is 0. The fraction of sp³-hybridized carbons (Fsp3) is 0.143. The Balaban J connectivity index is 2.87. The Morgan fingerprint density at radius 3 is 2.80 bits per heavy atom. The van der Waals surface area contributed by atoms with E-state index in [1.807, 2.05) is 12.1 Å². The van der Waals surface area contributed by atoms with Crippen molar-refractivity contribution in [3.05, 3.63) is 29.8 Å². The molecule has 54 valence electrons. The molecule has 0 aliphatic rings. The molecule has 10 heavy (non-hydrogen) atoms. The molecule has 4 N–H and O–H groups in total. The average molecular weight is 138 g/mol. The van der Waals surface area contributed by atoms with Crippen molar-refractivity contribution in [1.29, 1.82) is 0 Å². The summed E-state index contributed by atoms with van der Waals surface area (Å²) in [6, 6.07) is 7.35. The van der Waals surface area contributed by atoms with Crippen molar-refractivity contribution in [2.45, 2.75) is 6.54 Å². The molecular weight excluding hydrogens is 128 g/mol. The lowest BCUT2D eigenvalue weighted by atomic mass is 10.2. The van der Waals surface area contributed by atoms with Crippen LogP contribution >= 0.6 is 0 Å². The van der Waals surface area contributed by atoms with Crippen molar-refractivity contribution in [3.63, 3.8) is 0 Å². The first-order valence-corrected chi connectivity index (χ1v) is 3.02. The minimum Gasteiger partial charge on any atom is -0.412 e. The standard InChI is InChI=1S/C7H10N2O/c8-5-6-2-1-3-7(4-6)10-9/h1-4H,5,8-9H2. The van der Waals surface area contributed by atoms with Crippen LogP contribution in [0.2, 0.25) is 0 Å². The van der Waals surface area contributed by atoms with Gasteiger partial charge in [-0.25, -0.2) is 0 Å². The molecule has 1 rings (SSSR count). The molecule has 0 heterocycles. The van der Waals surface area contributed by atoms with Gasteiger partial charge >= 0.3 is 0 Å². The third-order valence-electron chi connectivity index (χ3n) is 1.27. The normalized spacial score (nSPS) is 9.40. The third-order valence-corrected chi connectivity index (χ3v) is 1.27. The molecule has 0 aliphatic carbocycles. The molecule has 1 aromatic carbocycles. The Kier molecular flexibility index (Phi) is 2.25. The number of rotatable bonds is 2. The number of nitrogens with two attached hydrogens (primary N) is 2. The van der Waals surface area contributed by atoms with E-state index in [9.17, 15) is 0 Å². The lowest BCUT2D eigenvalue weighted by Gasteiger charge is -1.99. The second-order valence-electron chi connectivity index (χ2n) is 1.97. The Morgan fingerprint density at radius 2 is 2.20 bits per heavy atom. The molecule has 3 heteroatoms. The zero-order valence-electron chi connectivity index (χ0n) is 5.58. The van der Waals surface area contributed by atoms with Crippen molar-refractivity contribution < 1.29 is 4.84 Å². The first kappa shape index (κ1) is 7.05. The minimum absolute atomic E-state index is 0.511. The number of hydrogen-bond acceptors (Lipinski definition) is 3. The van der Waals surface area contributed by atoms with Crippen LogP contribution in [0.3, 0.4) is 0 Å². The van der Waals surface area contributed by atoms with E-state index in [0.29, 0.717) is 12.3 Å². The van der Waals surface area contributed by atoms with Gasteiger partial charge in [0, 0.05) is 6.54 Å². The second kappa shape index (κ2) is 3.20. The Labute approximate surface area is 59.5 Å². The maximum Gasteiger partial charge on any atom is 0.147 e. The van der Waals surface area contributed by atoms with Crippen LogP contribution in [0, 0.1) is 0 Å². The Hall–Kier alpha value is -1.06. The van der Waals surface area contributed by atoms with E-state index < -0.39 is 0 Å². The molecule has 0 saturated heterocycles. The van der Waals surface area contributed by atoms with Gasteiger partial charge < -0.3 is 10.6 Å². The molecule has 0 amide bonds. The summed E-state index contributed by atoms with van der Waals surface area (Å²) in [6.07, 6.45) is 0. The van der Waals surface area contributed by atoms with Crippen molar-refractivity contribution in [1.82, 2.24) is 0 Å². The number of benzene rings is 1. The monoisotopic (exact) mass is 138 g/mol. The van der Waals surface area contributed by atoms with E-state index in [4.69, 9.17) is 11.6 Å². The zero-order chi connectivity index (χ0) is 7.40. The largest absolute Gasteiger partial charge is 0.412 e. The smallest absolute Gasteiger partial charge is 0.147 e. The summed E-state index contributed by atoms with van der Waals surface area (Å²) in [5.41, 5.74) is 6.39. The molecule has 0 aromatic heterocycles. The van der Waals surface area contributed by atoms with Gasteiger partial charge in [-0.3, -0.25) is 0 Å². The molecule has 3 nitrogen and oxygen atoms in total. The third kappa shape index (κ3) is 1.46. The van der Waals surface area contributed by atoms with E-state index in [0.717, 1.165) is 5.56 Å². The van der Waals surface area contributed by atoms with Crippen molar-refractivity contribution in [3.8, 4) is 5.75 Å². The SMILES string of the molecule is NCc1cccc(ON)c1. The van der Waals surface area contributed by atoms with Gasteiger partial charge in [-0.05, 0) is 17.7 Å². The average Bonchev–Trinajstić information content (AvgIpc) is 2.05. The first-order chi connectivity index (χ1) is 4.86. The summed E-state index contributed by atoms with van der Waals surface area (Å²) in [7, 11) is 0. The molecule has 0 aliphatic heterocycles. The molecule has 0 atom stereocenters. The molecular formula is C7H10N2O. The predicted molar refractivity (Wildman–Crippen MR) is 39.1 cm³/mol. The Morgan fingerprint density at radius 1 is 1.40 bits per heavy atom. The molecule has 0 bridgehead atoms. The van der Waals surface area contributed by atoms with Crippen LogP contribution in [0.1, 0.15) is 5.56 Å². The molecule has 0 radical (unpaired) electrons. The molecule has 0 spiro atoms. The van der Waals surface area contributed by atoms with Gasteiger partial charge in [0.2, 0.25) is 0 Å². The summed E-state index contributed by atoms with van der Waals surface area (Å²) >= 11 is 0. The fourth-order valence-corrected chi connectivity index (χ4v) is 0.746. The predicted octanol–water partition coefficient (Wildman–Crippen LogP) is 0.398. The summed E-state index contributed by atoms with van der Waals surface area (Å²) in [5, 5.41) is 0. The van der Waals surface area contributed by atoms with Crippen LogP contribution in [-0.4, -0.2) is 0 Å². The number of hydrogen-bond donors (Lipinski definition) is 2. The van der Waals surface area contributed by atoms with Gasteiger partial charge in [-0.1, -0.05) is 12.1 Å². The molecule has 1 aromatic rings. The Bertz CT molecular complexity index is 193. The van der Waals surface area contributed by atoms with Crippen LogP contribution < -0.4 is 16.5 Å². The molecule has 0 saturated carbocycles. The fourth-order valence-electron chi connectivity index (χ4n) is 0.746. The lowest BCUT2D eigenvalue weighted by Crippen LogP contribution is -2.03. The van der Waals surface area contributed by atoms with Gasteiger partial charge in [0.25, 0.3) is 0 Å². The van der Waals surface area contributed by atoms with Crippen molar-refractivity contribution in [2.24, 2.45) is 11.6 Å². The highest BCUT2D eigenvalue weighted by molar-refractivity contribution is 5.27. The van der Waals surface area contributed by atoms with Crippen LogP contribution in [0.5, 0.6) is 5.75 Å². The first-order valence-electron chi connectivity index (χ1n) is 3.02. The van der Waals surface area contributed by atoms with Crippen LogP contribution in [0.4, 0.5) is 0 Å². The zero-order valence-corrected chi connectivity index (χ0v) is 5.58. The summed E-state index contributed by atoms with van der Waals surface area (Å²) in [6.45, 7) is 0.511. The highest BCUT2D eigenvalue weighted by Crippen LogP contribution is 2.10. The van der Waals surface area contributed by atoms with Crippen molar-refractivity contribution >= 4 is 0 Å². The highest BCUT2D eigenvalue weighted by atomic mass is 16.6. The minimum atomic E-state index is 0.511. The van der Waals surface area contributed by atoms with Gasteiger partial charge in [0.1, 0.15) is 5.75 Å². The topological polar surface area (TPSA) is 61.3 Å². The highest BCUT2D eigenvalue weighted by Gasteiger charge is 1.91. The van der Waals surface area contributed by atoms with Crippen molar-refractivity contribution in [2.75, 3.05) is 0 Å². The van der Waals surface area contributed by atoms with E-state index in [1.54, 1.807) is 12.1 Å². The van der Waals surface area contributed by atoms with Gasteiger partial charge in [-0.15, -0.1) is 0 Å². The van der Waals surface area contributed by atoms with Gasteiger partial charge in [0.15, 0.2) is 0 Å². The van der Waals surface area contributed by atoms with E-state index in [1.165, 1.54) is 0 Å².